The van der Waals surface area contributed by atoms with Gasteiger partial charge >= 0.3 is 18.1 Å². The molecule has 47 heavy (non-hydrogen) atoms. The molecule has 0 radical (unpaired) electrons. The zero-order valence-electron chi connectivity index (χ0n) is 25.8. The van der Waals surface area contributed by atoms with E-state index in [1.165, 1.54) is 6.08 Å². The summed E-state index contributed by atoms with van der Waals surface area (Å²) in [5.74, 6) is -2.94. The highest BCUT2D eigenvalue weighted by atomic mass is 32.2. The number of sulfone groups is 1. The molecule has 2 aliphatic carbocycles. The number of unbranched alkanes of at least 4 members (excludes halogenated alkanes) is 1. The highest BCUT2D eigenvalue weighted by molar-refractivity contribution is 7.92. The van der Waals surface area contributed by atoms with Crippen LogP contribution < -0.4 is 4.74 Å². The fourth-order valence-corrected chi connectivity index (χ4v) is 8.33. The third-order valence-corrected chi connectivity index (χ3v) is 11.4. The maximum atomic E-state index is 15.2. The van der Waals surface area contributed by atoms with Gasteiger partial charge in [0.2, 0.25) is 0 Å². The maximum Gasteiger partial charge on any atom is 0.416 e. The van der Waals surface area contributed by atoms with Crippen molar-refractivity contribution in [3.8, 4) is 5.75 Å². The Hall–Kier alpha value is -3.80. The van der Waals surface area contributed by atoms with Crippen molar-refractivity contribution in [1.29, 1.82) is 0 Å². The molecule has 0 saturated heterocycles. The molecule has 2 unspecified atom stereocenters. The summed E-state index contributed by atoms with van der Waals surface area (Å²) in [6, 6.07) is 9.56. The lowest BCUT2D eigenvalue weighted by atomic mass is 9.71. The van der Waals surface area contributed by atoms with Gasteiger partial charge in [-0.15, -0.1) is 0 Å². The highest BCUT2D eigenvalue weighted by Crippen LogP contribution is 2.50. The van der Waals surface area contributed by atoms with Crippen LogP contribution in [0, 0.1) is 11.8 Å². The monoisotopic (exact) mass is 680 g/mol. The Balaban J connectivity index is 1.38. The number of carbonyl (C=O) groups excluding carboxylic acids is 2. The summed E-state index contributed by atoms with van der Waals surface area (Å²) in [5, 5.41) is 0. The molecule has 6 nitrogen and oxygen atoms in total. The Morgan fingerprint density at radius 3 is 2.30 bits per heavy atom. The molecular weight excluding hydrogens is 643 g/mol. The van der Waals surface area contributed by atoms with Gasteiger partial charge in [0.05, 0.1) is 21.8 Å². The molecule has 12 heteroatoms. The van der Waals surface area contributed by atoms with Crippen molar-refractivity contribution in [2.75, 3.05) is 6.61 Å². The number of hydrogen-bond acceptors (Lipinski definition) is 6. The summed E-state index contributed by atoms with van der Waals surface area (Å²) in [5.41, 5.74) is -0.323. The van der Waals surface area contributed by atoms with Gasteiger partial charge in [0, 0.05) is 18.4 Å². The second-order valence-corrected chi connectivity index (χ2v) is 14.1. The number of allylic oxidation sites excluding steroid dienone is 4. The van der Waals surface area contributed by atoms with Crippen LogP contribution in [0.15, 0.2) is 83.6 Å². The number of halogens is 5. The van der Waals surface area contributed by atoms with Crippen molar-refractivity contribution in [3.05, 3.63) is 89.8 Å². The van der Waals surface area contributed by atoms with E-state index in [0.717, 1.165) is 43.2 Å². The summed E-state index contributed by atoms with van der Waals surface area (Å²) in [6.45, 7) is 2.34. The molecule has 0 spiro atoms. The number of alkyl halides is 4. The summed E-state index contributed by atoms with van der Waals surface area (Å²) >= 11 is 0. The van der Waals surface area contributed by atoms with Crippen LogP contribution in [0.25, 0.3) is 6.08 Å². The van der Waals surface area contributed by atoms with Crippen molar-refractivity contribution in [2.45, 2.75) is 80.3 Å². The number of ether oxygens (including phenoxy) is 2. The van der Waals surface area contributed by atoms with E-state index in [9.17, 15) is 35.6 Å². The van der Waals surface area contributed by atoms with E-state index < -0.39 is 61.1 Å². The standard InChI is InChI=1S/C35H37F5O6S/c1-2-3-22-45-32(41)16-6-24-4-11-28(12-5-24)46-33(42)17-7-25-18-20-34(21-19-25,30-23-27(36)10-15-31(30)37)47(43,44)29-13-8-26(9-14-29)35(38,39)40/h4-6,8-16,23,25,30-31H,2-3,7,17-22H2,1H3/b16-6+/t25-,30?,31?,34+. The predicted octanol–water partition coefficient (Wildman–Crippen LogP) is 8.53. The Bertz CT molecular complexity index is 1590. The minimum absolute atomic E-state index is 0.0288. The molecule has 1 saturated carbocycles. The summed E-state index contributed by atoms with van der Waals surface area (Å²) in [6.07, 6.45) is 1.74. The number of hydrogen-bond donors (Lipinski definition) is 0. The van der Waals surface area contributed by atoms with Gasteiger partial charge in [0.25, 0.3) is 0 Å². The largest absolute Gasteiger partial charge is 0.463 e. The van der Waals surface area contributed by atoms with Gasteiger partial charge in [0.15, 0.2) is 9.84 Å². The van der Waals surface area contributed by atoms with Gasteiger partial charge in [-0.25, -0.2) is 22.0 Å². The fraction of sp³-hybridized carbons (Fsp3) is 0.429. The minimum atomic E-state index is -4.67. The normalized spacial score (nSPS) is 23.4. The van der Waals surface area contributed by atoms with Crippen molar-refractivity contribution >= 4 is 27.9 Å². The third-order valence-electron chi connectivity index (χ3n) is 8.73. The molecule has 2 aromatic rings. The molecule has 254 valence electrons. The van der Waals surface area contributed by atoms with Crippen molar-refractivity contribution in [2.24, 2.45) is 11.8 Å². The van der Waals surface area contributed by atoms with Gasteiger partial charge in [0.1, 0.15) is 17.7 Å². The van der Waals surface area contributed by atoms with Crippen LogP contribution in [-0.2, 0) is 30.3 Å². The van der Waals surface area contributed by atoms with Gasteiger partial charge in [-0.2, -0.15) is 13.2 Å². The Morgan fingerprint density at radius 1 is 1.02 bits per heavy atom. The first-order valence-corrected chi connectivity index (χ1v) is 17.0. The number of rotatable bonds is 12. The molecule has 0 N–H and O–H groups in total. The molecule has 0 heterocycles. The Kier molecular flexibility index (Phi) is 11.8. The van der Waals surface area contributed by atoms with Crippen LogP contribution in [0.5, 0.6) is 5.75 Å². The first-order chi connectivity index (χ1) is 22.2. The Labute approximate surface area is 271 Å². The lowest BCUT2D eigenvalue weighted by Crippen LogP contribution is -2.51. The van der Waals surface area contributed by atoms with Crippen molar-refractivity contribution in [3.63, 3.8) is 0 Å². The molecule has 1 fully saturated rings. The average molecular weight is 681 g/mol. The van der Waals surface area contributed by atoms with Crippen molar-refractivity contribution in [1.82, 2.24) is 0 Å². The molecular formula is C35H37F5O6S. The summed E-state index contributed by atoms with van der Waals surface area (Å²) < 4.78 is 106. The van der Waals surface area contributed by atoms with Crippen LogP contribution in [-0.4, -0.2) is 37.9 Å². The second-order valence-electron chi connectivity index (χ2n) is 11.9. The molecule has 4 rings (SSSR count). The molecule has 2 aliphatic rings. The van der Waals surface area contributed by atoms with E-state index in [2.05, 4.69) is 0 Å². The zero-order chi connectivity index (χ0) is 34.2. The van der Waals surface area contributed by atoms with E-state index in [4.69, 9.17) is 9.47 Å². The minimum Gasteiger partial charge on any atom is -0.463 e. The second kappa shape index (κ2) is 15.4. The molecule has 0 aliphatic heterocycles. The average Bonchev–Trinajstić information content (AvgIpc) is 3.04. The molecule has 2 atom stereocenters. The van der Waals surface area contributed by atoms with Gasteiger partial charge in [-0.1, -0.05) is 25.5 Å². The van der Waals surface area contributed by atoms with Crippen LogP contribution in [0.1, 0.15) is 69.4 Å². The number of carbonyl (C=O) groups is 2. The quantitative estimate of drug-likeness (QED) is 0.0735. The SMILES string of the molecule is CCCCOC(=O)/C=C/c1ccc(OC(=O)CC[C@H]2CC[C@@](C3C=C(F)C=CC3F)(S(=O)(=O)c3ccc(C(F)(F)F)cc3)CC2)cc1. The van der Waals surface area contributed by atoms with E-state index in [1.807, 2.05) is 6.92 Å². The summed E-state index contributed by atoms with van der Waals surface area (Å²) in [7, 11) is -4.43. The van der Waals surface area contributed by atoms with Crippen LogP contribution >= 0.6 is 0 Å². The van der Waals surface area contributed by atoms with E-state index in [1.54, 1.807) is 30.3 Å². The predicted molar refractivity (Wildman–Crippen MR) is 166 cm³/mol. The fourth-order valence-electron chi connectivity index (χ4n) is 6.04. The number of esters is 2. The molecule has 0 amide bonds. The molecule has 2 aromatic carbocycles. The Morgan fingerprint density at radius 2 is 1.68 bits per heavy atom. The smallest absolute Gasteiger partial charge is 0.416 e. The summed E-state index contributed by atoms with van der Waals surface area (Å²) in [4.78, 5) is 23.9. The topological polar surface area (TPSA) is 86.7 Å². The van der Waals surface area contributed by atoms with Gasteiger partial charge in [-0.3, -0.25) is 4.79 Å². The molecule has 0 aromatic heterocycles. The van der Waals surface area contributed by atoms with E-state index in [0.29, 0.717) is 36.5 Å². The zero-order valence-corrected chi connectivity index (χ0v) is 26.7. The van der Waals surface area contributed by atoms with Crippen molar-refractivity contribution < 1.29 is 49.4 Å². The van der Waals surface area contributed by atoms with Gasteiger partial charge < -0.3 is 9.47 Å². The first kappa shape index (κ1) is 36.0. The first-order valence-electron chi connectivity index (χ1n) is 15.5. The third kappa shape index (κ3) is 8.97. The van der Waals surface area contributed by atoms with Gasteiger partial charge in [-0.05, 0) is 111 Å². The number of benzene rings is 2. The highest BCUT2D eigenvalue weighted by Gasteiger charge is 2.54. The van der Waals surface area contributed by atoms with Crippen LogP contribution in [0.4, 0.5) is 22.0 Å². The van der Waals surface area contributed by atoms with E-state index >= 15 is 4.39 Å². The lowest BCUT2D eigenvalue weighted by molar-refractivity contribution is -0.138. The lowest BCUT2D eigenvalue weighted by Gasteiger charge is -2.45. The van der Waals surface area contributed by atoms with Crippen LogP contribution in [0.3, 0.4) is 0 Å². The maximum absolute atomic E-state index is 15.2. The van der Waals surface area contributed by atoms with E-state index in [-0.39, 0.29) is 38.0 Å². The van der Waals surface area contributed by atoms with Crippen LogP contribution in [0.2, 0.25) is 0 Å². The molecule has 0 bridgehead atoms.